The van der Waals surface area contributed by atoms with Gasteiger partial charge in [-0.25, -0.2) is 4.39 Å². The van der Waals surface area contributed by atoms with Gasteiger partial charge in [0.1, 0.15) is 12.4 Å². The van der Waals surface area contributed by atoms with E-state index in [1.54, 1.807) is 37.5 Å². The van der Waals surface area contributed by atoms with E-state index in [1.807, 2.05) is 0 Å². The first-order chi connectivity index (χ1) is 14.4. The first kappa shape index (κ1) is 22.6. The van der Waals surface area contributed by atoms with Gasteiger partial charge in [0.2, 0.25) is 0 Å². The van der Waals surface area contributed by atoms with E-state index < -0.39 is 0 Å². The molecule has 5 nitrogen and oxygen atoms in total. The summed E-state index contributed by atoms with van der Waals surface area (Å²) in [6.07, 6.45) is 2.13. The van der Waals surface area contributed by atoms with E-state index in [1.165, 1.54) is 17.0 Å². The molecule has 1 aliphatic rings. The number of thioether (sulfide) groups is 1. The Labute approximate surface area is 187 Å². The van der Waals surface area contributed by atoms with Crippen molar-refractivity contribution in [1.82, 2.24) is 4.90 Å². The van der Waals surface area contributed by atoms with Crippen molar-refractivity contribution in [3.05, 3.63) is 68.3 Å². The van der Waals surface area contributed by atoms with Crippen LogP contribution in [0.4, 0.5) is 9.18 Å². The highest BCUT2D eigenvalue weighted by Gasteiger charge is 2.34. The molecule has 1 heterocycles. The molecule has 2 amide bonds. The zero-order valence-electron chi connectivity index (χ0n) is 16.0. The van der Waals surface area contributed by atoms with Gasteiger partial charge in [0, 0.05) is 20.3 Å². The number of imide groups is 1. The predicted molar refractivity (Wildman–Crippen MR) is 116 cm³/mol. The standard InChI is InChI=1S/C21H18Cl2FNO4S/c1-28-7-3-6-25-20(26)18(30-21(25)27)11-14-9-16(22)19(17(23)10-14)29-12-13-4-2-5-15(24)8-13/h2,4-5,8-11H,3,6-7,12H2,1H3/b18-11+. The minimum absolute atomic E-state index is 0.0942. The zero-order valence-corrected chi connectivity index (χ0v) is 18.3. The lowest BCUT2D eigenvalue weighted by Gasteiger charge is -2.12. The molecule has 0 spiro atoms. The van der Waals surface area contributed by atoms with Crippen molar-refractivity contribution in [2.45, 2.75) is 13.0 Å². The maximum absolute atomic E-state index is 13.3. The molecule has 0 aromatic heterocycles. The summed E-state index contributed by atoms with van der Waals surface area (Å²) in [6.45, 7) is 0.851. The largest absolute Gasteiger partial charge is 0.486 e. The van der Waals surface area contributed by atoms with Crippen LogP contribution in [-0.4, -0.2) is 36.3 Å². The number of amides is 2. The quantitative estimate of drug-likeness (QED) is 0.362. The highest BCUT2D eigenvalue weighted by Crippen LogP contribution is 2.37. The van der Waals surface area contributed by atoms with Crippen molar-refractivity contribution < 1.29 is 23.5 Å². The number of ether oxygens (including phenoxy) is 2. The maximum atomic E-state index is 13.3. The van der Waals surface area contributed by atoms with Gasteiger partial charge in [-0.15, -0.1) is 0 Å². The van der Waals surface area contributed by atoms with Gasteiger partial charge in [0.25, 0.3) is 11.1 Å². The number of halogens is 3. The van der Waals surface area contributed by atoms with E-state index in [9.17, 15) is 14.0 Å². The Kier molecular flexibility index (Phi) is 7.77. The molecule has 1 aliphatic heterocycles. The third-order valence-electron chi connectivity index (χ3n) is 4.19. The molecule has 0 aliphatic carbocycles. The summed E-state index contributed by atoms with van der Waals surface area (Å²) < 4.78 is 23.9. The number of hydrogen-bond donors (Lipinski definition) is 0. The van der Waals surface area contributed by atoms with Crippen molar-refractivity contribution in [3.63, 3.8) is 0 Å². The number of carbonyl (C=O) groups excluding carboxylic acids is 2. The van der Waals surface area contributed by atoms with Crippen LogP contribution in [-0.2, 0) is 16.1 Å². The molecule has 9 heteroatoms. The molecule has 30 heavy (non-hydrogen) atoms. The van der Waals surface area contributed by atoms with E-state index in [-0.39, 0.29) is 44.3 Å². The van der Waals surface area contributed by atoms with Gasteiger partial charge in [-0.3, -0.25) is 14.5 Å². The number of nitrogens with zero attached hydrogens (tertiary/aromatic N) is 1. The van der Waals surface area contributed by atoms with E-state index in [2.05, 4.69) is 0 Å². The first-order valence-corrected chi connectivity index (χ1v) is 10.6. The molecule has 0 bridgehead atoms. The third kappa shape index (κ3) is 5.55. The van der Waals surface area contributed by atoms with E-state index >= 15 is 0 Å². The van der Waals surface area contributed by atoms with Crippen LogP contribution in [0.5, 0.6) is 5.75 Å². The molecule has 3 rings (SSSR count). The molecule has 2 aromatic rings. The fourth-order valence-corrected chi connectivity index (χ4v) is 4.27. The molecular weight excluding hydrogens is 452 g/mol. The van der Waals surface area contributed by atoms with Gasteiger partial charge in [0.15, 0.2) is 5.75 Å². The smallest absolute Gasteiger partial charge is 0.293 e. The molecule has 2 aromatic carbocycles. The SMILES string of the molecule is COCCCN1C(=O)S/C(=C/c2cc(Cl)c(OCc3cccc(F)c3)c(Cl)c2)C1=O. The topological polar surface area (TPSA) is 55.8 Å². The molecule has 1 fully saturated rings. The van der Waals surface area contributed by atoms with Crippen molar-refractivity contribution in [3.8, 4) is 5.75 Å². The lowest BCUT2D eigenvalue weighted by Crippen LogP contribution is -2.29. The summed E-state index contributed by atoms with van der Waals surface area (Å²) in [5.41, 5.74) is 1.19. The molecule has 0 N–H and O–H groups in total. The Balaban J connectivity index is 1.73. The summed E-state index contributed by atoms with van der Waals surface area (Å²) in [5, 5.41) is 0.156. The highest BCUT2D eigenvalue weighted by molar-refractivity contribution is 8.18. The van der Waals surface area contributed by atoms with E-state index in [4.69, 9.17) is 32.7 Å². The Bertz CT molecular complexity index is 976. The van der Waals surface area contributed by atoms with E-state index in [0.717, 1.165) is 11.8 Å². The second kappa shape index (κ2) is 10.3. The highest BCUT2D eigenvalue weighted by atomic mass is 35.5. The number of carbonyl (C=O) groups is 2. The van der Waals surface area contributed by atoms with Crippen LogP contribution in [0.2, 0.25) is 10.0 Å². The van der Waals surface area contributed by atoms with Gasteiger partial charge < -0.3 is 9.47 Å². The fourth-order valence-electron chi connectivity index (χ4n) is 2.79. The third-order valence-corrected chi connectivity index (χ3v) is 5.66. The fraction of sp³-hybridized carbons (Fsp3) is 0.238. The summed E-state index contributed by atoms with van der Waals surface area (Å²) in [6, 6.07) is 9.20. The average molecular weight is 470 g/mol. The van der Waals surface area contributed by atoms with Crippen LogP contribution >= 0.6 is 35.0 Å². The van der Waals surface area contributed by atoms with Crippen LogP contribution < -0.4 is 4.74 Å². The van der Waals surface area contributed by atoms with Crippen LogP contribution in [0, 0.1) is 5.82 Å². The Morgan fingerprint density at radius 3 is 2.57 bits per heavy atom. The molecule has 0 unspecified atom stereocenters. The summed E-state index contributed by atoms with van der Waals surface area (Å²) in [5.74, 6) is -0.466. The second-order valence-corrected chi connectivity index (χ2v) is 8.22. The molecule has 0 atom stereocenters. The lowest BCUT2D eigenvalue weighted by molar-refractivity contribution is -0.122. The van der Waals surface area contributed by atoms with Crippen molar-refractivity contribution in [2.24, 2.45) is 0 Å². The van der Waals surface area contributed by atoms with Crippen molar-refractivity contribution >= 4 is 52.2 Å². The first-order valence-electron chi connectivity index (χ1n) is 8.99. The van der Waals surface area contributed by atoms with Crippen LogP contribution in [0.15, 0.2) is 41.3 Å². The number of benzene rings is 2. The predicted octanol–water partition coefficient (Wildman–Crippen LogP) is 5.78. The number of methoxy groups -OCH3 is 1. The normalized spacial score (nSPS) is 15.3. The Morgan fingerprint density at radius 2 is 1.90 bits per heavy atom. The lowest BCUT2D eigenvalue weighted by atomic mass is 10.2. The molecule has 1 saturated heterocycles. The average Bonchev–Trinajstić information content (AvgIpc) is 2.95. The molecular formula is C21H18Cl2FNO4S. The van der Waals surface area contributed by atoms with Crippen LogP contribution in [0.3, 0.4) is 0 Å². The van der Waals surface area contributed by atoms with Crippen LogP contribution in [0.25, 0.3) is 6.08 Å². The van der Waals surface area contributed by atoms with Crippen molar-refractivity contribution in [1.29, 1.82) is 0 Å². The van der Waals surface area contributed by atoms with Gasteiger partial charge in [-0.1, -0.05) is 35.3 Å². The van der Waals surface area contributed by atoms with Gasteiger partial charge in [-0.2, -0.15) is 0 Å². The summed E-state index contributed by atoms with van der Waals surface area (Å²) >= 11 is 13.5. The summed E-state index contributed by atoms with van der Waals surface area (Å²) in [4.78, 5) is 26.1. The zero-order chi connectivity index (χ0) is 21.7. The van der Waals surface area contributed by atoms with Gasteiger partial charge >= 0.3 is 0 Å². The second-order valence-electron chi connectivity index (χ2n) is 6.41. The number of hydrogen-bond acceptors (Lipinski definition) is 5. The summed E-state index contributed by atoms with van der Waals surface area (Å²) in [7, 11) is 1.56. The number of rotatable bonds is 8. The molecule has 0 saturated carbocycles. The van der Waals surface area contributed by atoms with Crippen molar-refractivity contribution in [2.75, 3.05) is 20.3 Å². The Hall–Kier alpha value is -2.06. The van der Waals surface area contributed by atoms with Gasteiger partial charge in [-0.05, 0) is 59.7 Å². The van der Waals surface area contributed by atoms with E-state index in [0.29, 0.717) is 30.7 Å². The Morgan fingerprint density at radius 1 is 1.17 bits per heavy atom. The minimum Gasteiger partial charge on any atom is -0.486 e. The van der Waals surface area contributed by atoms with Crippen LogP contribution in [0.1, 0.15) is 17.5 Å². The van der Waals surface area contributed by atoms with Gasteiger partial charge in [0.05, 0.1) is 15.0 Å². The minimum atomic E-state index is -0.361. The molecule has 0 radical (unpaired) electrons. The maximum Gasteiger partial charge on any atom is 0.293 e. The monoisotopic (exact) mass is 469 g/mol. The molecule has 158 valence electrons.